The molecule has 2 amide bonds. The van der Waals surface area contributed by atoms with Crippen molar-refractivity contribution in [1.29, 1.82) is 0 Å². The second kappa shape index (κ2) is 7.26. The van der Waals surface area contributed by atoms with E-state index in [1.807, 2.05) is 29.2 Å². The third kappa shape index (κ3) is 3.15. The summed E-state index contributed by atoms with van der Waals surface area (Å²) in [5.41, 5.74) is 5.12. The lowest BCUT2D eigenvalue weighted by molar-refractivity contribution is -0.137. The molecule has 3 aromatic rings. The number of hydrogen-bond acceptors (Lipinski definition) is 3. The first-order chi connectivity index (χ1) is 14.6. The molecule has 152 valence electrons. The fraction of sp³-hybridized carbons (Fsp3) is 0.280. The number of hydroxylamine groups is 1. The third-order valence-corrected chi connectivity index (χ3v) is 6.76. The van der Waals surface area contributed by atoms with Gasteiger partial charge in [-0.3, -0.25) is 14.8 Å². The van der Waals surface area contributed by atoms with Crippen molar-refractivity contribution in [2.24, 2.45) is 5.41 Å². The van der Waals surface area contributed by atoms with Gasteiger partial charge < -0.3 is 4.90 Å². The number of carbonyl (C=O) groups excluding carboxylic acids is 2. The van der Waals surface area contributed by atoms with Crippen LogP contribution in [-0.4, -0.2) is 28.5 Å². The lowest BCUT2D eigenvalue weighted by Crippen LogP contribution is -2.38. The quantitative estimate of drug-likeness (QED) is 0.518. The average Bonchev–Trinajstić information content (AvgIpc) is 3.07. The molecule has 1 aliphatic heterocycles. The number of aryl methyl sites for hydroxylation is 1. The summed E-state index contributed by atoms with van der Waals surface area (Å²) in [5.74, 6) is -0.300. The number of carbonyl (C=O) groups is 2. The van der Waals surface area contributed by atoms with E-state index in [0.717, 1.165) is 36.9 Å². The van der Waals surface area contributed by atoms with E-state index in [-0.39, 0.29) is 11.3 Å². The Morgan fingerprint density at radius 1 is 1.00 bits per heavy atom. The summed E-state index contributed by atoms with van der Waals surface area (Å²) in [6.07, 6.45) is 3.18. The Bertz CT molecular complexity index is 1160. The maximum Gasteiger partial charge on any atom is 0.274 e. The second-order valence-electron chi connectivity index (χ2n) is 8.54. The molecule has 3 aromatic carbocycles. The number of fused-ring (bicyclic) bond motifs is 2. The van der Waals surface area contributed by atoms with Gasteiger partial charge in [0.15, 0.2) is 0 Å². The predicted molar refractivity (Wildman–Crippen MR) is 114 cm³/mol. The predicted octanol–water partition coefficient (Wildman–Crippen LogP) is 3.87. The monoisotopic (exact) mass is 400 g/mol. The maximum atomic E-state index is 13.4. The summed E-state index contributed by atoms with van der Waals surface area (Å²) in [6, 6.07) is 20.2. The van der Waals surface area contributed by atoms with Crippen LogP contribution in [0.2, 0.25) is 0 Å². The lowest BCUT2D eigenvalue weighted by atomic mass is 9.70. The van der Waals surface area contributed by atoms with Crippen LogP contribution in [0.15, 0.2) is 60.7 Å². The third-order valence-electron chi connectivity index (χ3n) is 6.76. The zero-order valence-electron chi connectivity index (χ0n) is 16.7. The molecule has 30 heavy (non-hydrogen) atoms. The van der Waals surface area contributed by atoms with Gasteiger partial charge in [-0.05, 0) is 71.3 Å². The SMILES string of the molecule is O=C(NO)c1ccc2c(c1)C[C@]1(CC2)CCN(Cc2ccc3ccccc3c2)C1=O. The molecule has 0 radical (unpaired) electrons. The summed E-state index contributed by atoms with van der Waals surface area (Å²) in [6.45, 7) is 1.39. The van der Waals surface area contributed by atoms with Crippen molar-refractivity contribution in [3.05, 3.63) is 82.9 Å². The average molecular weight is 400 g/mol. The van der Waals surface area contributed by atoms with Crippen molar-refractivity contribution in [2.45, 2.75) is 32.2 Å². The Balaban J connectivity index is 1.37. The van der Waals surface area contributed by atoms with E-state index in [4.69, 9.17) is 5.21 Å². The van der Waals surface area contributed by atoms with Crippen LogP contribution >= 0.6 is 0 Å². The molecule has 0 aromatic heterocycles. The largest absolute Gasteiger partial charge is 0.338 e. The van der Waals surface area contributed by atoms with Gasteiger partial charge in [0, 0.05) is 18.7 Å². The van der Waals surface area contributed by atoms with Crippen LogP contribution in [0.4, 0.5) is 0 Å². The van der Waals surface area contributed by atoms with Crippen LogP contribution < -0.4 is 5.48 Å². The zero-order valence-corrected chi connectivity index (χ0v) is 16.7. The Morgan fingerprint density at radius 3 is 2.67 bits per heavy atom. The number of nitrogens with one attached hydrogen (secondary N) is 1. The van der Waals surface area contributed by atoms with Crippen molar-refractivity contribution in [2.75, 3.05) is 6.54 Å². The highest BCUT2D eigenvalue weighted by Crippen LogP contribution is 2.44. The van der Waals surface area contributed by atoms with Crippen LogP contribution in [0.3, 0.4) is 0 Å². The highest BCUT2D eigenvalue weighted by atomic mass is 16.5. The van der Waals surface area contributed by atoms with Crippen LogP contribution in [0.1, 0.15) is 39.9 Å². The van der Waals surface area contributed by atoms with Gasteiger partial charge in [-0.1, -0.05) is 42.5 Å². The lowest BCUT2D eigenvalue weighted by Gasteiger charge is -2.33. The first kappa shape index (κ1) is 18.8. The zero-order chi connectivity index (χ0) is 20.7. The van der Waals surface area contributed by atoms with Gasteiger partial charge in [-0.15, -0.1) is 0 Å². The van der Waals surface area contributed by atoms with Crippen LogP contribution in [0.5, 0.6) is 0 Å². The summed E-state index contributed by atoms with van der Waals surface area (Å²) in [7, 11) is 0. The van der Waals surface area contributed by atoms with Gasteiger partial charge in [0.1, 0.15) is 0 Å². The van der Waals surface area contributed by atoms with E-state index in [1.165, 1.54) is 16.3 Å². The highest BCUT2D eigenvalue weighted by molar-refractivity contribution is 5.94. The van der Waals surface area contributed by atoms with Gasteiger partial charge in [0.2, 0.25) is 5.91 Å². The molecule has 1 saturated heterocycles. The Kier molecular flexibility index (Phi) is 4.55. The van der Waals surface area contributed by atoms with E-state index in [9.17, 15) is 9.59 Å². The minimum absolute atomic E-state index is 0.221. The van der Waals surface area contributed by atoms with Crippen molar-refractivity contribution in [1.82, 2.24) is 10.4 Å². The van der Waals surface area contributed by atoms with Crippen LogP contribution in [0, 0.1) is 5.41 Å². The molecule has 1 fully saturated rings. The molecule has 1 heterocycles. The summed E-state index contributed by atoms with van der Waals surface area (Å²) < 4.78 is 0. The molecular weight excluding hydrogens is 376 g/mol. The molecular formula is C25H24N2O3. The number of amides is 2. The summed E-state index contributed by atoms with van der Waals surface area (Å²) >= 11 is 0. The number of likely N-dealkylation sites (tertiary alicyclic amines) is 1. The molecule has 0 unspecified atom stereocenters. The fourth-order valence-corrected chi connectivity index (χ4v) is 5.06. The summed E-state index contributed by atoms with van der Waals surface area (Å²) in [4.78, 5) is 27.2. The molecule has 5 rings (SSSR count). The number of nitrogens with zero attached hydrogens (tertiary/aromatic N) is 1. The molecule has 5 heteroatoms. The van der Waals surface area contributed by atoms with Gasteiger partial charge in [-0.2, -0.15) is 0 Å². The highest BCUT2D eigenvalue weighted by Gasteiger charge is 2.48. The minimum Gasteiger partial charge on any atom is -0.338 e. The Morgan fingerprint density at radius 2 is 1.83 bits per heavy atom. The van der Waals surface area contributed by atoms with Crippen molar-refractivity contribution < 1.29 is 14.8 Å². The second-order valence-corrected chi connectivity index (χ2v) is 8.54. The first-order valence-electron chi connectivity index (χ1n) is 10.4. The topological polar surface area (TPSA) is 69.6 Å². The normalized spacial score (nSPS) is 20.6. The molecule has 2 N–H and O–H groups in total. The first-order valence-corrected chi connectivity index (χ1v) is 10.4. The van der Waals surface area contributed by atoms with E-state index in [2.05, 4.69) is 30.3 Å². The number of rotatable bonds is 3. The van der Waals surface area contributed by atoms with Gasteiger partial charge in [-0.25, -0.2) is 5.48 Å². The van der Waals surface area contributed by atoms with Gasteiger partial charge in [0.25, 0.3) is 5.91 Å². The van der Waals surface area contributed by atoms with E-state index >= 15 is 0 Å². The number of hydrogen-bond donors (Lipinski definition) is 2. The molecule has 1 spiro atoms. The Labute approximate surface area is 175 Å². The smallest absolute Gasteiger partial charge is 0.274 e. The van der Waals surface area contributed by atoms with Crippen LogP contribution in [-0.2, 0) is 24.2 Å². The van der Waals surface area contributed by atoms with E-state index in [0.29, 0.717) is 18.5 Å². The Hall–Kier alpha value is -3.18. The molecule has 1 atom stereocenters. The van der Waals surface area contributed by atoms with Gasteiger partial charge >= 0.3 is 0 Å². The van der Waals surface area contributed by atoms with Crippen molar-refractivity contribution in [3.8, 4) is 0 Å². The van der Waals surface area contributed by atoms with E-state index in [1.54, 1.807) is 11.5 Å². The standard InChI is InChI=1S/C25H24N2O3/c28-23(26-30)21-8-7-19-9-10-25(15-22(19)14-21)11-12-27(24(25)29)16-17-5-6-18-3-1-2-4-20(18)13-17/h1-8,13-14,30H,9-12,15-16H2,(H,26,28)/t25-/m0/s1. The molecule has 2 aliphatic rings. The fourth-order valence-electron chi connectivity index (χ4n) is 5.06. The molecule has 0 saturated carbocycles. The van der Waals surface area contributed by atoms with Gasteiger partial charge in [0.05, 0.1) is 5.41 Å². The van der Waals surface area contributed by atoms with E-state index < -0.39 is 5.91 Å². The molecule has 0 bridgehead atoms. The van der Waals surface area contributed by atoms with Crippen molar-refractivity contribution >= 4 is 22.6 Å². The number of benzene rings is 3. The molecule has 1 aliphatic carbocycles. The maximum absolute atomic E-state index is 13.4. The summed E-state index contributed by atoms with van der Waals surface area (Å²) in [5, 5.41) is 11.3. The van der Waals surface area contributed by atoms with Crippen LogP contribution in [0.25, 0.3) is 10.8 Å². The van der Waals surface area contributed by atoms with Crippen molar-refractivity contribution in [3.63, 3.8) is 0 Å². The minimum atomic E-state index is -0.520. The molecule has 5 nitrogen and oxygen atoms in total.